The van der Waals surface area contributed by atoms with E-state index in [2.05, 4.69) is 21.4 Å². The van der Waals surface area contributed by atoms with Gasteiger partial charge >= 0.3 is 0 Å². The van der Waals surface area contributed by atoms with Crippen LogP contribution in [0.15, 0.2) is 36.5 Å². The maximum atomic E-state index is 5.39. The van der Waals surface area contributed by atoms with Crippen molar-refractivity contribution in [3.05, 3.63) is 53.6 Å². The maximum absolute atomic E-state index is 5.39. The van der Waals surface area contributed by atoms with Crippen LogP contribution in [0.3, 0.4) is 0 Å². The van der Waals surface area contributed by atoms with Gasteiger partial charge in [-0.25, -0.2) is 9.97 Å². The molecule has 0 radical (unpaired) electrons. The molecule has 19 heavy (non-hydrogen) atoms. The van der Waals surface area contributed by atoms with Gasteiger partial charge in [-0.3, -0.25) is 0 Å². The van der Waals surface area contributed by atoms with Crippen LogP contribution in [-0.4, -0.2) is 24.1 Å². The summed E-state index contributed by atoms with van der Waals surface area (Å²) < 4.78 is 5.39. The Labute approximate surface area is 113 Å². The zero-order valence-corrected chi connectivity index (χ0v) is 11.6. The number of nitrogens with zero attached hydrogens (tertiary/aromatic N) is 2. The quantitative estimate of drug-likeness (QED) is 0.892. The van der Waals surface area contributed by atoms with Crippen molar-refractivity contribution in [3.8, 4) is 5.75 Å². The maximum Gasteiger partial charge on any atom is 0.125 e. The van der Waals surface area contributed by atoms with Crippen LogP contribution in [0.5, 0.6) is 5.75 Å². The van der Waals surface area contributed by atoms with Gasteiger partial charge in [0.05, 0.1) is 18.8 Å². The topological polar surface area (TPSA) is 47.0 Å². The molecule has 2 rings (SSSR count). The summed E-state index contributed by atoms with van der Waals surface area (Å²) >= 11 is 0. The first-order valence-corrected chi connectivity index (χ1v) is 6.33. The molecule has 0 bridgehead atoms. The Balaban J connectivity index is 2.24. The van der Waals surface area contributed by atoms with Crippen LogP contribution in [0.4, 0.5) is 0 Å². The second-order valence-electron chi connectivity index (χ2n) is 4.39. The Hall–Kier alpha value is -1.94. The summed E-state index contributed by atoms with van der Waals surface area (Å²) in [5.41, 5.74) is 2.17. The molecule has 1 heterocycles. The molecule has 100 valence electrons. The third kappa shape index (κ3) is 3.29. The SMILES string of the molecule is CNC(Cc1ccccc1OC)c1ccnc(C)n1. The van der Waals surface area contributed by atoms with Crippen molar-refractivity contribution < 1.29 is 4.74 Å². The number of likely N-dealkylation sites (N-methyl/N-ethyl adjacent to an activating group) is 1. The average molecular weight is 257 g/mol. The molecule has 1 aromatic carbocycles. The van der Waals surface area contributed by atoms with Gasteiger partial charge in [0.2, 0.25) is 0 Å². The van der Waals surface area contributed by atoms with E-state index in [-0.39, 0.29) is 6.04 Å². The van der Waals surface area contributed by atoms with Crippen LogP contribution < -0.4 is 10.1 Å². The van der Waals surface area contributed by atoms with Crippen molar-refractivity contribution in [3.63, 3.8) is 0 Å². The van der Waals surface area contributed by atoms with Crippen molar-refractivity contribution in [2.75, 3.05) is 14.2 Å². The fourth-order valence-electron chi connectivity index (χ4n) is 2.11. The molecular weight excluding hydrogens is 238 g/mol. The monoisotopic (exact) mass is 257 g/mol. The van der Waals surface area contributed by atoms with Gasteiger partial charge < -0.3 is 10.1 Å². The van der Waals surface area contributed by atoms with Gasteiger partial charge in [0, 0.05) is 6.20 Å². The van der Waals surface area contributed by atoms with Crippen molar-refractivity contribution >= 4 is 0 Å². The molecule has 0 fully saturated rings. The fraction of sp³-hybridized carbons (Fsp3) is 0.333. The van der Waals surface area contributed by atoms with Crippen LogP contribution in [0, 0.1) is 6.92 Å². The summed E-state index contributed by atoms with van der Waals surface area (Å²) in [5.74, 6) is 1.70. The van der Waals surface area contributed by atoms with E-state index in [1.54, 1.807) is 13.3 Å². The molecule has 0 aliphatic heterocycles. The fourth-order valence-corrected chi connectivity index (χ4v) is 2.11. The normalized spacial score (nSPS) is 12.2. The summed E-state index contributed by atoms with van der Waals surface area (Å²) in [6.07, 6.45) is 2.63. The minimum absolute atomic E-state index is 0.151. The van der Waals surface area contributed by atoms with Crippen LogP contribution in [0.1, 0.15) is 23.1 Å². The summed E-state index contributed by atoms with van der Waals surface area (Å²) in [6, 6.07) is 10.2. The van der Waals surface area contributed by atoms with E-state index in [0.29, 0.717) is 0 Å². The van der Waals surface area contributed by atoms with E-state index in [1.807, 2.05) is 38.2 Å². The first-order chi connectivity index (χ1) is 9.24. The standard InChI is InChI=1S/C15H19N3O/c1-11-17-9-8-13(18-11)14(16-2)10-12-6-4-5-7-15(12)19-3/h4-9,14,16H,10H2,1-3H3. The van der Waals surface area contributed by atoms with Crippen molar-refractivity contribution in [1.82, 2.24) is 15.3 Å². The number of para-hydroxylation sites is 1. The number of nitrogens with one attached hydrogen (secondary N) is 1. The molecule has 4 nitrogen and oxygen atoms in total. The lowest BCUT2D eigenvalue weighted by Gasteiger charge is -2.17. The third-order valence-corrected chi connectivity index (χ3v) is 3.12. The smallest absolute Gasteiger partial charge is 0.125 e. The Kier molecular flexibility index (Phi) is 4.47. The summed E-state index contributed by atoms with van der Waals surface area (Å²) in [5, 5.41) is 3.30. The molecule has 1 atom stereocenters. The highest BCUT2D eigenvalue weighted by atomic mass is 16.5. The van der Waals surface area contributed by atoms with E-state index in [9.17, 15) is 0 Å². The van der Waals surface area contributed by atoms with Gasteiger partial charge in [-0.15, -0.1) is 0 Å². The van der Waals surface area contributed by atoms with E-state index < -0.39 is 0 Å². The molecule has 0 saturated carbocycles. The Morgan fingerprint density at radius 3 is 2.74 bits per heavy atom. The number of aryl methyl sites for hydroxylation is 1. The minimum atomic E-state index is 0.151. The van der Waals surface area contributed by atoms with Crippen molar-refractivity contribution in [2.45, 2.75) is 19.4 Å². The second-order valence-corrected chi connectivity index (χ2v) is 4.39. The number of methoxy groups -OCH3 is 1. The molecule has 1 unspecified atom stereocenters. The van der Waals surface area contributed by atoms with Crippen LogP contribution in [-0.2, 0) is 6.42 Å². The van der Waals surface area contributed by atoms with Gasteiger partial charge in [-0.05, 0) is 38.1 Å². The zero-order valence-electron chi connectivity index (χ0n) is 11.6. The van der Waals surface area contributed by atoms with E-state index in [1.165, 1.54) is 5.56 Å². The van der Waals surface area contributed by atoms with Crippen molar-refractivity contribution in [2.24, 2.45) is 0 Å². The molecule has 0 spiro atoms. The van der Waals surface area contributed by atoms with E-state index in [0.717, 1.165) is 23.7 Å². The minimum Gasteiger partial charge on any atom is -0.496 e. The highest BCUT2D eigenvalue weighted by Gasteiger charge is 2.14. The predicted octanol–water partition coefficient (Wildman–Crippen LogP) is 2.30. The number of hydrogen-bond donors (Lipinski definition) is 1. The molecule has 0 amide bonds. The second kappa shape index (κ2) is 6.29. The Morgan fingerprint density at radius 2 is 2.05 bits per heavy atom. The van der Waals surface area contributed by atoms with Gasteiger partial charge in [-0.1, -0.05) is 18.2 Å². The number of rotatable bonds is 5. The molecule has 1 aromatic heterocycles. The van der Waals surface area contributed by atoms with Crippen LogP contribution in [0.25, 0.3) is 0 Å². The van der Waals surface area contributed by atoms with Gasteiger partial charge in [0.25, 0.3) is 0 Å². The molecule has 0 aliphatic rings. The lowest BCUT2D eigenvalue weighted by Crippen LogP contribution is -2.20. The number of hydrogen-bond acceptors (Lipinski definition) is 4. The van der Waals surface area contributed by atoms with Crippen molar-refractivity contribution in [1.29, 1.82) is 0 Å². The zero-order chi connectivity index (χ0) is 13.7. The molecule has 2 aromatic rings. The summed E-state index contributed by atoms with van der Waals surface area (Å²) in [4.78, 5) is 8.62. The number of benzene rings is 1. The first-order valence-electron chi connectivity index (χ1n) is 6.33. The molecule has 1 N–H and O–H groups in total. The third-order valence-electron chi connectivity index (χ3n) is 3.12. The Morgan fingerprint density at radius 1 is 1.26 bits per heavy atom. The van der Waals surface area contributed by atoms with E-state index in [4.69, 9.17) is 4.74 Å². The lowest BCUT2D eigenvalue weighted by atomic mass is 10.0. The van der Waals surface area contributed by atoms with Gasteiger partial charge in [0.15, 0.2) is 0 Å². The highest BCUT2D eigenvalue weighted by molar-refractivity contribution is 5.34. The molecule has 4 heteroatoms. The van der Waals surface area contributed by atoms with Gasteiger partial charge in [-0.2, -0.15) is 0 Å². The first kappa shape index (κ1) is 13.5. The van der Waals surface area contributed by atoms with E-state index >= 15 is 0 Å². The number of aromatic nitrogens is 2. The average Bonchev–Trinajstić information content (AvgIpc) is 2.45. The molecule has 0 saturated heterocycles. The molecule has 0 aliphatic carbocycles. The van der Waals surface area contributed by atoms with Gasteiger partial charge in [0.1, 0.15) is 11.6 Å². The summed E-state index contributed by atoms with van der Waals surface area (Å²) in [6.45, 7) is 1.90. The summed E-state index contributed by atoms with van der Waals surface area (Å²) in [7, 11) is 3.64. The van der Waals surface area contributed by atoms with Crippen LogP contribution >= 0.6 is 0 Å². The lowest BCUT2D eigenvalue weighted by molar-refractivity contribution is 0.406. The van der Waals surface area contributed by atoms with Crippen LogP contribution in [0.2, 0.25) is 0 Å². The largest absolute Gasteiger partial charge is 0.496 e. The Bertz CT molecular complexity index is 542. The molecular formula is C15H19N3O. The highest BCUT2D eigenvalue weighted by Crippen LogP contribution is 2.23. The number of ether oxygens (including phenoxy) is 1. The predicted molar refractivity (Wildman–Crippen MR) is 75.3 cm³/mol.